The zero-order valence-electron chi connectivity index (χ0n) is 11.4. The highest BCUT2D eigenvalue weighted by Crippen LogP contribution is 2.51. The van der Waals surface area contributed by atoms with Crippen LogP contribution in [0.5, 0.6) is 0 Å². The van der Waals surface area contributed by atoms with Crippen LogP contribution in [0.4, 0.5) is 0 Å². The lowest BCUT2D eigenvalue weighted by Crippen LogP contribution is -2.41. The van der Waals surface area contributed by atoms with E-state index in [0.717, 1.165) is 5.56 Å². The van der Waals surface area contributed by atoms with Crippen molar-refractivity contribution in [1.29, 1.82) is 0 Å². The lowest BCUT2D eigenvalue weighted by Gasteiger charge is -2.38. The number of nitrogens with two attached hydrogens (primary N) is 1. The van der Waals surface area contributed by atoms with Gasteiger partial charge in [0.1, 0.15) is 6.33 Å². The summed E-state index contributed by atoms with van der Waals surface area (Å²) in [6, 6.07) is 0.170. The minimum atomic E-state index is 0.170. The molecule has 18 heavy (non-hydrogen) atoms. The molecule has 1 aliphatic rings. The van der Waals surface area contributed by atoms with Crippen LogP contribution in [0.25, 0.3) is 0 Å². The second-order valence-corrected chi connectivity index (χ2v) is 5.94. The Morgan fingerprint density at radius 3 is 2.39 bits per heavy atom. The standard InChI is InChI=1S/C14H24N4/c1-11(2)7-14(5-3-4-6-14)13(18-15)12-8-16-10-17-9-12/h8-11,13,18H,3-7,15H2,1-2H3. The van der Waals surface area contributed by atoms with Crippen molar-refractivity contribution in [1.82, 2.24) is 15.4 Å². The molecule has 100 valence electrons. The number of nitrogens with one attached hydrogen (secondary N) is 1. The Morgan fingerprint density at radius 2 is 1.89 bits per heavy atom. The number of nitrogens with zero attached hydrogens (tertiary/aromatic N) is 2. The van der Waals surface area contributed by atoms with E-state index in [-0.39, 0.29) is 11.5 Å². The molecule has 1 fully saturated rings. The van der Waals surface area contributed by atoms with Crippen molar-refractivity contribution < 1.29 is 0 Å². The molecule has 1 aliphatic carbocycles. The van der Waals surface area contributed by atoms with Crippen LogP contribution in [-0.4, -0.2) is 9.97 Å². The van der Waals surface area contributed by atoms with Gasteiger partial charge in [-0.15, -0.1) is 0 Å². The van der Waals surface area contributed by atoms with Crippen LogP contribution >= 0.6 is 0 Å². The van der Waals surface area contributed by atoms with Gasteiger partial charge in [-0.1, -0.05) is 26.7 Å². The SMILES string of the molecule is CC(C)CC1(C(NN)c2cncnc2)CCCC1. The fourth-order valence-electron chi connectivity index (χ4n) is 3.59. The Morgan fingerprint density at radius 1 is 1.28 bits per heavy atom. The summed E-state index contributed by atoms with van der Waals surface area (Å²) in [5, 5.41) is 0. The quantitative estimate of drug-likeness (QED) is 0.621. The molecule has 1 unspecified atom stereocenters. The van der Waals surface area contributed by atoms with E-state index < -0.39 is 0 Å². The molecular formula is C14H24N4. The van der Waals surface area contributed by atoms with Crippen molar-refractivity contribution in [2.45, 2.75) is 52.0 Å². The van der Waals surface area contributed by atoms with E-state index in [9.17, 15) is 0 Å². The van der Waals surface area contributed by atoms with Gasteiger partial charge in [-0.2, -0.15) is 0 Å². The zero-order chi connectivity index (χ0) is 13.0. The molecule has 0 radical (unpaired) electrons. The molecule has 2 rings (SSSR count). The molecule has 4 nitrogen and oxygen atoms in total. The minimum Gasteiger partial charge on any atom is -0.271 e. The third-order valence-corrected chi connectivity index (χ3v) is 4.11. The first-order chi connectivity index (χ1) is 8.68. The third-order valence-electron chi connectivity index (χ3n) is 4.11. The second-order valence-electron chi connectivity index (χ2n) is 5.94. The first-order valence-corrected chi connectivity index (χ1v) is 6.89. The van der Waals surface area contributed by atoms with Crippen LogP contribution in [0.15, 0.2) is 18.7 Å². The van der Waals surface area contributed by atoms with Gasteiger partial charge in [-0.25, -0.2) is 9.97 Å². The molecule has 1 aromatic rings. The van der Waals surface area contributed by atoms with Crippen molar-refractivity contribution in [2.24, 2.45) is 17.2 Å². The van der Waals surface area contributed by atoms with Gasteiger partial charge in [0, 0.05) is 18.0 Å². The summed E-state index contributed by atoms with van der Waals surface area (Å²) in [6.07, 6.45) is 11.6. The fourth-order valence-corrected chi connectivity index (χ4v) is 3.59. The second kappa shape index (κ2) is 5.76. The Hall–Kier alpha value is -1.00. The van der Waals surface area contributed by atoms with Crippen molar-refractivity contribution in [3.63, 3.8) is 0 Å². The highest BCUT2D eigenvalue weighted by atomic mass is 15.2. The Bertz CT molecular complexity index is 357. The van der Waals surface area contributed by atoms with Crippen LogP contribution < -0.4 is 11.3 Å². The maximum atomic E-state index is 5.84. The maximum Gasteiger partial charge on any atom is 0.115 e. The van der Waals surface area contributed by atoms with Gasteiger partial charge in [-0.3, -0.25) is 11.3 Å². The molecule has 0 saturated heterocycles. The monoisotopic (exact) mass is 248 g/mol. The number of hydrogen-bond donors (Lipinski definition) is 2. The van der Waals surface area contributed by atoms with Gasteiger partial charge < -0.3 is 0 Å². The summed E-state index contributed by atoms with van der Waals surface area (Å²) < 4.78 is 0. The van der Waals surface area contributed by atoms with Gasteiger partial charge in [-0.05, 0) is 30.6 Å². The first-order valence-electron chi connectivity index (χ1n) is 6.89. The normalized spacial score (nSPS) is 20.2. The van der Waals surface area contributed by atoms with Crippen LogP contribution in [0, 0.1) is 11.3 Å². The minimum absolute atomic E-state index is 0.170. The highest BCUT2D eigenvalue weighted by Gasteiger charge is 2.42. The third kappa shape index (κ3) is 2.70. The van der Waals surface area contributed by atoms with Crippen molar-refractivity contribution >= 4 is 0 Å². The van der Waals surface area contributed by atoms with Crippen LogP contribution in [-0.2, 0) is 0 Å². The molecule has 0 spiro atoms. The Balaban J connectivity index is 2.28. The van der Waals surface area contributed by atoms with Crippen LogP contribution in [0.1, 0.15) is 57.6 Å². The topological polar surface area (TPSA) is 63.8 Å². The van der Waals surface area contributed by atoms with E-state index in [0.29, 0.717) is 5.92 Å². The van der Waals surface area contributed by atoms with E-state index in [1.807, 2.05) is 12.4 Å². The summed E-state index contributed by atoms with van der Waals surface area (Å²) in [4.78, 5) is 8.26. The van der Waals surface area contributed by atoms with E-state index in [1.165, 1.54) is 32.1 Å². The molecule has 0 bridgehead atoms. The molecule has 4 heteroatoms. The van der Waals surface area contributed by atoms with Gasteiger partial charge in [0.2, 0.25) is 0 Å². The van der Waals surface area contributed by atoms with E-state index in [4.69, 9.17) is 5.84 Å². The van der Waals surface area contributed by atoms with E-state index >= 15 is 0 Å². The van der Waals surface area contributed by atoms with E-state index in [2.05, 4.69) is 29.2 Å². The molecule has 0 aromatic carbocycles. The zero-order valence-corrected chi connectivity index (χ0v) is 11.4. The molecule has 0 amide bonds. The van der Waals surface area contributed by atoms with Crippen molar-refractivity contribution in [2.75, 3.05) is 0 Å². The molecule has 1 saturated carbocycles. The maximum absolute atomic E-state index is 5.84. The average molecular weight is 248 g/mol. The van der Waals surface area contributed by atoms with Crippen LogP contribution in [0.3, 0.4) is 0 Å². The summed E-state index contributed by atoms with van der Waals surface area (Å²) in [7, 11) is 0. The van der Waals surface area contributed by atoms with Gasteiger partial charge in [0.25, 0.3) is 0 Å². The number of rotatable bonds is 5. The Labute approximate surface area is 109 Å². The molecule has 0 aliphatic heterocycles. The first kappa shape index (κ1) is 13.4. The number of hydrazine groups is 1. The predicted octanol–water partition coefficient (Wildman–Crippen LogP) is 2.59. The van der Waals surface area contributed by atoms with Crippen LogP contribution in [0.2, 0.25) is 0 Å². The highest BCUT2D eigenvalue weighted by molar-refractivity contribution is 5.15. The number of hydrogen-bond acceptors (Lipinski definition) is 4. The number of aromatic nitrogens is 2. The summed E-state index contributed by atoms with van der Waals surface area (Å²) in [5.74, 6) is 6.52. The van der Waals surface area contributed by atoms with Gasteiger partial charge in [0.15, 0.2) is 0 Å². The van der Waals surface area contributed by atoms with Gasteiger partial charge >= 0.3 is 0 Å². The Kier molecular flexibility index (Phi) is 4.30. The molecule has 1 aromatic heterocycles. The van der Waals surface area contributed by atoms with Crippen molar-refractivity contribution in [3.8, 4) is 0 Å². The molecule has 1 heterocycles. The fraction of sp³-hybridized carbons (Fsp3) is 0.714. The summed E-state index contributed by atoms with van der Waals surface area (Å²) in [6.45, 7) is 4.57. The molecule has 1 atom stereocenters. The van der Waals surface area contributed by atoms with Crippen molar-refractivity contribution in [3.05, 3.63) is 24.3 Å². The smallest absolute Gasteiger partial charge is 0.115 e. The largest absolute Gasteiger partial charge is 0.271 e. The lowest BCUT2D eigenvalue weighted by molar-refractivity contribution is 0.155. The van der Waals surface area contributed by atoms with E-state index in [1.54, 1.807) is 6.33 Å². The lowest BCUT2D eigenvalue weighted by atomic mass is 9.71. The van der Waals surface area contributed by atoms with Gasteiger partial charge in [0.05, 0.1) is 6.04 Å². The predicted molar refractivity (Wildman–Crippen MR) is 72.5 cm³/mol. The average Bonchev–Trinajstić information content (AvgIpc) is 2.79. The molecular weight excluding hydrogens is 224 g/mol. The summed E-state index contributed by atoms with van der Waals surface area (Å²) >= 11 is 0. The summed E-state index contributed by atoms with van der Waals surface area (Å²) in [5.41, 5.74) is 4.41. The molecule has 3 N–H and O–H groups in total.